The predicted molar refractivity (Wildman–Crippen MR) is 77.2 cm³/mol. The second-order valence-corrected chi connectivity index (χ2v) is 4.68. The molecule has 0 N–H and O–H groups in total. The normalized spacial score (nSPS) is 11.1. The second-order valence-electron chi connectivity index (χ2n) is 4.35. The number of nitrogens with zero attached hydrogens (tertiary/aromatic N) is 5. The molecule has 1 aromatic carbocycles. The van der Waals surface area contributed by atoms with Crippen LogP contribution in [0.15, 0.2) is 53.5 Å². The molecule has 0 amide bonds. The van der Waals surface area contributed by atoms with Gasteiger partial charge in [-0.1, -0.05) is 18.2 Å². The average molecular weight is 298 g/mol. The van der Waals surface area contributed by atoms with E-state index in [4.69, 9.17) is 16.0 Å². The van der Waals surface area contributed by atoms with Gasteiger partial charge in [-0.3, -0.25) is 4.57 Å². The van der Waals surface area contributed by atoms with Gasteiger partial charge in [0.25, 0.3) is 0 Å². The van der Waals surface area contributed by atoms with Gasteiger partial charge in [0.15, 0.2) is 5.76 Å². The minimum atomic E-state index is 0.101. The Morgan fingerprint density at radius 2 is 2.00 bits per heavy atom. The number of fused-ring (bicyclic) bond motifs is 1. The van der Waals surface area contributed by atoms with Crippen molar-refractivity contribution in [3.8, 4) is 17.5 Å². The van der Waals surface area contributed by atoms with Crippen LogP contribution in [-0.2, 0) is 0 Å². The van der Waals surface area contributed by atoms with Crippen LogP contribution in [0, 0.1) is 0 Å². The first kappa shape index (κ1) is 12.0. The lowest BCUT2D eigenvalue weighted by Gasteiger charge is -2.02. The molecule has 4 rings (SSSR count). The molecule has 0 atom stereocenters. The SMILES string of the molecule is Clc1nc(-c2cc3ccccc3o2)nc(-n2ccnc2)n1. The quantitative estimate of drug-likeness (QED) is 0.568. The average Bonchev–Trinajstić information content (AvgIpc) is 3.16. The van der Waals surface area contributed by atoms with Gasteiger partial charge in [0.05, 0.1) is 0 Å². The molecule has 0 radical (unpaired) electrons. The van der Waals surface area contributed by atoms with Crippen molar-refractivity contribution in [2.45, 2.75) is 0 Å². The highest BCUT2D eigenvalue weighted by Crippen LogP contribution is 2.26. The maximum atomic E-state index is 5.98. The third kappa shape index (κ3) is 2.15. The molecule has 0 aliphatic carbocycles. The fraction of sp³-hybridized carbons (Fsp3) is 0. The van der Waals surface area contributed by atoms with Crippen molar-refractivity contribution in [3.63, 3.8) is 0 Å². The fourth-order valence-corrected chi connectivity index (χ4v) is 2.19. The Kier molecular flexibility index (Phi) is 2.68. The van der Waals surface area contributed by atoms with Crippen LogP contribution in [0.3, 0.4) is 0 Å². The van der Waals surface area contributed by atoms with Crippen LogP contribution in [0.1, 0.15) is 0 Å². The molecule has 102 valence electrons. The Hall–Kier alpha value is -2.73. The van der Waals surface area contributed by atoms with E-state index in [0.29, 0.717) is 17.5 Å². The van der Waals surface area contributed by atoms with Crippen molar-refractivity contribution in [3.05, 3.63) is 54.3 Å². The lowest BCUT2D eigenvalue weighted by atomic mass is 10.2. The van der Waals surface area contributed by atoms with Crippen molar-refractivity contribution in [1.29, 1.82) is 0 Å². The van der Waals surface area contributed by atoms with Crippen LogP contribution < -0.4 is 0 Å². The van der Waals surface area contributed by atoms with Crippen molar-refractivity contribution in [1.82, 2.24) is 24.5 Å². The minimum absolute atomic E-state index is 0.101. The Labute approximate surface area is 124 Å². The van der Waals surface area contributed by atoms with E-state index < -0.39 is 0 Å². The lowest BCUT2D eigenvalue weighted by molar-refractivity contribution is 0.623. The summed E-state index contributed by atoms with van der Waals surface area (Å²) >= 11 is 5.98. The Morgan fingerprint density at radius 1 is 1.10 bits per heavy atom. The number of imidazole rings is 1. The standard InChI is InChI=1S/C14H8ClN5O/c15-13-17-12(18-14(19-13)20-6-5-16-8-20)11-7-9-3-1-2-4-10(9)21-11/h1-8H. The monoisotopic (exact) mass is 297 g/mol. The third-order valence-corrected chi connectivity index (χ3v) is 3.15. The second kappa shape index (κ2) is 4.68. The van der Waals surface area contributed by atoms with E-state index in [1.807, 2.05) is 30.3 Å². The maximum Gasteiger partial charge on any atom is 0.239 e. The zero-order valence-corrected chi connectivity index (χ0v) is 11.4. The minimum Gasteiger partial charge on any atom is -0.453 e. The van der Waals surface area contributed by atoms with Crippen LogP contribution in [0.4, 0.5) is 0 Å². The van der Waals surface area contributed by atoms with Crippen molar-refractivity contribution in [2.24, 2.45) is 0 Å². The summed E-state index contributed by atoms with van der Waals surface area (Å²) in [5.41, 5.74) is 0.771. The first-order valence-electron chi connectivity index (χ1n) is 6.18. The van der Waals surface area contributed by atoms with E-state index in [1.54, 1.807) is 23.3 Å². The number of hydrogen-bond donors (Lipinski definition) is 0. The van der Waals surface area contributed by atoms with E-state index in [9.17, 15) is 0 Å². The first-order chi connectivity index (χ1) is 10.3. The summed E-state index contributed by atoms with van der Waals surface area (Å²) in [7, 11) is 0. The summed E-state index contributed by atoms with van der Waals surface area (Å²) in [6.45, 7) is 0. The van der Waals surface area contributed by atoms with Crippen molar-refractivity contribution < 1.29 is 4.42 Å². The summed E-state index contributed by atoms with van der Waals surface area (Å²) in [5, 5.41) is 1.08. The van der Waals surface area contributed by atoms with Gasteiger partial charge in [0.1, 0.15) is 11.9 Å². The summed E-state index contributed by atoms with van der Waals surface area (Å²) in [5.74, 6) is 1.32. The highest BCUT2D eigenvalue weighted by molar-refractivity contribution is 6.28. The van der Waals surface area contributed by atoms with Gasteiger partial charge in [-0.15, -0.1) is 0 Å². The van der Waals surface area contributed by atoms with Crippen LogP contribution in [-0.4, -0.2) is 24.5 Å². The van der Waals surface area contributed by atoms with Gasteiger partial charge in [0.2, 0.25) is 17.1 Å². The Bertz CT molecular complexity index is 883. The molecule has 0 aliphatic rings. The molecule has 0 aliphatic heterocycles. The highest BCUT2D eigenvalue weighted by atomic mass is 35.5. The topological polar surface area (TPSA) is 69.6 Å². The molecule has 0 spiro atoms. The molecule has 21 heavy (non-hydrogen) atoms. The van der Waals surface area contributed by atoms with Crippen LogP contribution in [0.25, 0.3) is 28.5 Å². The molecule has 0 unspecified atom stereocenters. The largest absolute Gasteiger partial charge is 0.453 e. The molecule has 4 aromatic rings. The smallest absolute Gasteiger partial charge is 0.239 e. The molecular weight excluding hydrogens is 290 g/mol. The Morgan fingerprint density at radius 3 is 2.81 bits per heavy atom. The van der Waals surface area contributed by atoms with Crippen LogP contribution in [0.2, 0.25) is 5.28 Å². The van der Waals surface area contributed by atoms with E-state index in [-0.39, 0.29) is 5.28 Å². The molecule has 0 saturated carbocycles. The first-order valence-corrected chi connectivity index (χ1v) is 6.56. The summed E-state index contributed by atoms with van der Waals surface area (Å²) in [6, 6.07) is 9.57. The van der Waals surface area contributed by atoms with Crippen molar-refractivity contribution >= 4 is 22.6 Å². The summed E-state index contributed by atoms with van der Waals surface area (Å²) in [4.78, 5) is 16.5. The predicted octanol–water partition coefficient (Wildman–Crippen LogP) is 3.12. The number of benzene rings is 1. The van der Waals surface area contributed by atoms with E-state index in [1.165, 1.54) is 0 Å². The molecule has 6 nitrogen and oxygen atoms in total. The zero-order chi connectivity index (χ0) is 14.2. The van der Waals surface area contributed by atoms with Gasteiger partial charge in [-0.2, -0.15) is 15.0 Å². The van der Waals surface area contributed by atoms with E-state index in [0.717, 1.165) is 11.0 Å². The molecule has 7 heteroatoms. The van der Waals surface area contributed by atoms with Crippen LogP contribution in [0.5, 0.6) is 0 Å². The number of aromatic nitrogens is 5. The fourth-order valence-electron chi connectivity index (χ4n) is 2.03. The third-order valence-electron chi connectivity index (χ3n) is 2.98. The van der Waals surface area contributed by atoms with Crippen molar-refractivity contribution in [2.75, 3.05) is 0 Å². The zero-order valence-electron chi connectivity index (χ0n) is 10.6. The summed E-state index contributed by atoms with van der Waals surface area (Å²) in [6.07, 6.45) is 4.96. The van der Waals surface area contributed by atoms with Gasteiger partial charge in [0, 0.05) is 17.8 Å². The Balaban J connectivity index is 1.88. The van der Waals surface area contributed by atoms with E-state index in [2.05, 4.69) is 19.9 Å². The number of para-hydroxylation sites is 1. The molecule has 3 heterocycles. The number of hydrogen-bond acceptors (Lipinski definition) is 5. The van der Waals surface area contributed by atoms with E-state index >= 15 is 0 Å². The highest BCUT2D eigenvalue weighted by Gasteiger charge is 2.12. The number of halogens is 1. The molecule has 3 aromatic heterocycles. The molecule has 0 bridgehead atoms. The van der Waals surface area contributed by atoms with Crippen LogP contribution >= 0.6 is 11.6 Å². The van der Waals surface area contributed by atoms with Gasteiger partial charge in [-0.05, 0) is 23.7 Å². The number of rotatable bonds is 2. The molecule has 0 saturated heterocycles. The van der Waals surface area contributed by atoms with Gasteiger partial charge >= 0.3 is 0 Å². The van der Waals surface area contributed by atoms with Gasteiger partial charge < -0.3 is 4.42 Å². The molecular formula is C14H8ClN5O. The maximum absolute atomic E-state index is 5.98. The number of furan rings is 1. The molecule has 0 fully saturated rings. The lowest BCUT2D eigenvalue weighted by Crippen LogP contribution is -2.02. The van der Waals surface area contributed by atoms with Gasteiger partial charge in [-0.25, -0.2) is 4.98 Å². The summed E-state index contributed by atoms with van der Waals surface area (Å²) < 4.78 is 7.40.